The predicted molar refractivity (Wildman–Crippen MR) is 87.0 cm³/mol. The predicted octanol–water partition coefficient (Wildman–Crippen LogP) is 1.53. The second kappa shape index (κ2) is 9.04. The summed E-state index contributed by atoms with van der Waals surface area (Å²) in [5.74, 6) is 0.571. The average molecular weight is 307 g/mol. The standard InChI is InChI=1S/C16H25N3O3/c1-5-17-16(21)12(3)18-11(2)10-15(20)19-13-6-8-14(22-4)9-7-13/h6-9,11-12,18H,5,10H2,1-4H3,(H,17,21)(H,19,20)/t11-,12-/m1/s1. The molecule has 1 aromatic rings. The Labute approximate surface area is 131 Å². The Morgan fingerprint density at radius 1 is 1.18 bits per heavy atom. The van der Waals surface area contributed by atoms with E-state index in [4.69, 9.17) is 4.74 Å². The van der Waals surface area contributed by atoms with Gasteiger partial charge in [-0.05, 0) is 45.0 Å². The van der Waals surface area contributed by atoms with Crippen LogP contribution < -0.4 is 20.7 Å². The number of ether oxygens (including phenoxy) is 1. The van der Waals surface area contributed by atoms with Crippen molar-refractivity contribution in [1.82, 2.24) is 10.6 Å². The third-order valence-electron chi connectivity index (χ3n) is 3.14. The molecule has 0 saturated carbocycles. The molecule has 0 unspecified atom stereocenters. The summed E-state index contributed by atoms with van der Waals surface area (Å²) in [5, 5.41) is 8.66. The van der Waals surface area contributed by atoms with Gasteiger partial charge in [0.25, 0.3) is 0 Å². The SMILES string of the molecule is CCNC(=O)[C@@H](C)N[C@H](C)CC(=O)Nc1ccc(OC)cc1. The smallest absolute Gasteiger partial charge is 0.236 e. The maximum atomic E-state index is 12.0. The molecule has 0 aliphatic heterocycles. The minimum absolute atomic E-state index is 0.0649. The minimum atomic E-state index is -0.330. The Kier molecular flexibility index (Phi) is 7.39. The highest BCUT2D eigenvalue weighted by Gasteiger charge is 2.16. The molecule has 2 atom stereocenters. The van der Waals surface area contributed by atoms with Crippen molar-refractivity contribution >= 4 is 17.5 Å². The monoisotopic (exact) mass is 307 g/mol. The van der Waals surface area contributed by atoms with Crippen molar-refractivity contribution in [2.24, 2.45) is 0 Å². The van der Waals surface area contributed by atoms with E-state index in [0.29, 0.717) is 6.54 Å². The molecule has 0 aromatic heterocycles. The molecule has 122 valence electrons. The number of hydrogen-bond acceptors (Lipinski definition) is 4. The molecule has 0 heterocycles. The summed E-state index contributed by atoms with van der Waals surface area (Å²) < 4.78 is 5.06. The second-order valence-electron chi connectivity index (χ2n) is 5.16. The van der Waals surface area contributed by atoms with Crippen molar-refractivity contribution in [1.29, 1.82) is 0 Å². The topological polar surface area (TPSA) is 79.5 Å². The summed E-state index contributed by atoms with van der Waals surface area (Å²) in [6.07, 6.45) is 0.287. The second-order valence-corrected chi connectivity index (χ2v) is 5.16. The zero-order valence-electron chi connectivity index (χ0n) is 13.6. The highest BCUT2D eigenvalue weighted by atomic mass is 16.5. The molecule has 0 bridgehead atoms. The number of hydrogen-bond donors (Lipinski definition) is 3. The van der Waals surface area contributed by atoms with Gasteiger partial charge in [-0.25, -0.2) is 0 Å². The molecule has 0 aliphatic rings. The van der Waals surface area contributed by atoms with Crippen LogP contribution >= 0.6 is 0 Å². The van der Waals surface area contributed by atoms with Gasteiger partial charge in [-0.1, -0.05) is 0 Å². The van der Waals surface area contributed by atoms with Gasteiger partial charge in [0, 0.05) is 24.7 Å². The van der Waals surface area contributed by atoms with E-state index in [1.165, 1.54) is 0 Å². The Balaban J connectivity index is 2.41. The Morgan fingerprint density at radius 2 is 1.82 bits per heavy atom. The maximum Gasteiger partial charge on any atom is 0.236 e. The van der Waals surface area contributed by atoms with Crippen molar-refractivity contribution in [2.75, 3.05) is 19.0 Å². The summed E-state index contributed by atoms with van der Waals surface area (Å²) in [4.78, 5) is 23.6. The van der Waals surface area contributed by atoms with Crippen LogP contribution in [0, 0.1) is 0 Å². The van der Waals surface area contributed by atoms with Crippen molar-refractivity contribution in [3.05, 3.63) is 24.3 Å². The number of rotatable bonds is 8. The van der Waals surface area contributed by atoms with Gasteiger partial charge in [-0.15, -0.1) is 0 Å². The average Bonchev–Trinajstić information content (AvgIpc) is 2.47. The van der Waals surface area contributed by atoms with E-state index in [1.54, 1.807) is 38.3 Å². The van der Waals surface area contributed by atoms with Crippen molar-refractivity contribution < 1.29 is 14.3 Å². The number of anilines is 1. The molecule has 22 heavy (non-hydrogen) atoms. The van der Waals surface area contributed by atoms with Crippen LogP contribution in [0.5, 0.6) is 5.75 Å². The van der Waals surface area contributed by atoms with Gasteiger partial charge in [0.15, 0.2) is 0 Å². The Morgan fingerprint density at radius 3 is 2.36 bits per heavy atom. The highest BCUT2D eigenvalue weighted by molar-refractivity contribution is 5.91. The normalized spacial score (nSPS) is 13.1. The number of carbonyl (C=O) groups excluding carboxylic acids is 2. The number of carbonyl (C=O) groups is 2. The molecule has 6 nitrogen and oxygen atoms in total. The first kappa shape index (κ1) is 18.0. The molecule has 1 aromatic carbocycles. The zero-order valence-corrected chi connectivity index (χ0v) is 13.6. The Hall–Kier alpha value is -2.08. The lowest BCUT2D eigenvalue weighted by atomic mass is 10.2. The van der Waals surface area contributed by atoms with E-state index in [2.05, 4.69) is 16.0 Å². The van der Waals surface area contributed by atoms with Crippen LogP contribution in [0.3, 0.4) is 0 Å². The lowest BCUT2D eigenvalue weighted by Crippen LogP contribution is -2.46. The molecule has 0 radical (unpaired) electrons. The molecular weight excluding hydrogens is 282 g/mol. The zero-order chi connectivity index (χ0) is 16.5. The molecule has 1 rings (SSSR count). The number of methoxy groups -OCH3 is 1. The van der Waals surface area contributed by atoms with Gasteiger partial charge < -0.3 is 20.7 Å². The van der Waals surface area contributed by atoms with E-state index >= 15 is 0 Å². The van der Waals surface area contributed by atoms with Crippen LogP contribution in [0.25, 0.3) is 0 Å². The van der Waals surface area contributed by atoms with E-state index < -0.39 is 0 Å². The fraction of sp³-hybridized carbons (Fsp3) is 0.500. The third kappa shape index (κ3) is 6.13. The van der Waals surface area contributed by atoms with E-state index in [0.717, 1.165) is 11.4 Å². The van der Waals surface area contributed by atoms with Crippen molar-refractivity contribution in [3.8, 4) is 5.75 Å². The number of likely N-dealkylation sites (N-methyl/N-ethyl adjacent to an activating group) is 1. The summed E-state index contributed by atoms with van der Waals surface area (Å²) in [6, 6.07) is 6.71. The lowest BCUT2D eigenvalue weighted by molar-refractivity contribution is -0.123. The van der Waals surface area contributed by atoms with Crippen LogP contribution in [0.2, 0.25) is 0 Å². The fourth-order valence-corrected chi connectivity index (χ4v) is 2.05. The van der Waals surface area contributed by atoms with E-state index in [9.17, 15) is 9.59 Å². The summed E-state index contributed by atoms with van der Waals surface area (Å²) >= 11 is 0. The highest BCUT2D eigenvalue weighted by Crippen LogP contribution is 2.15. The minimum Gasteiger partial charge on any atom is -0.497 e. The third-order valence-corrected chi connectivity index (χ3v) is 3.14. The van der Waals surface area contributed by atoms with E-state index in [1.807, 2.05) is 13.8 Å². The molecule has 0 saturated heterocycles. The summed E-state index contributed by atoms with van der Waals surface area (Å²) in [7, 11) is 1.59. The fourth-order valence-electron chi connectivity index (χ4n) is 2.05. The number of benzene rings is 1. The van der Waals surface area contributed by atoms with Gasteiger partial charge in [-0.2, -0.15) is 0 Å². The number of nitrogens with one attached hydrogen (secondary N) is 3. The molecular formula is C16H25N3O3. The number of amides is 2. The summed E-state index contributed by atoms with van der Waals surface area (Å²) in [6.45, 7) is 6.12. The molecule has 3 N–H and O–H groups in total. The quantitative estimate of drug-likeness (QED) is 0.680. The first-order valence-electron chi connectivity index (χ1n) is 7.44. The molecule has 6 heteroatoms. The lowest BCUT2D eigenvalue weighted by Gasteiger charge is -2.19. The molecule has 0 fully saturated rings. The maximum absolute atomic E-state index is 12.0. The summed E-state index contributed by atoms with van der Waals surface area (Å²) in [5.41, 5.74) is 0.717. The van der Waals surface area contributed by atoms with Crippen LogP contribution in [0.4, 0.5) is 5.69 Å². The van der Waals surface area contributed by atoms with Gasteiger partial charge in [-0.3, -0.25) is 9.59 Å². The van der Waals surface area contributed by atoms with Crippen LogP contribution in [0.15, 0.2) is 24.3 Å². The first-order chi connectivity index (χ1) is 10.5. The molecule has 0 spiro atoms. The van der Waals surface area contributed by atoms with Gasteiger partial charge >= 0.3 is 0 Å². The molecule has 2 amide bonds. The van der Waals surface area contributed by atoms with Gasteiger partial charge in [0.2, 0.25) is 11.8 Å². The van der Waals surface area contributed by atoms with Gasteiger partial charge in [0.05, 0.1) is 13.2 Å². The first-order valence-corrected chi connectivity index (χ1v) is 7.44. The van der Waals surface area contributed by atoms with Crippen LogP contribution in [-0.2, 0) is 9.59 Å². The molecule has 0 aliphatic carbocycles. The van der Waals surface area contributed by atoms with E-state index in [-0.39, 0.29) is 30.3 Å². The van der Waals surface area contributed by atoms with Crippen molar-refractivity contribution in [3.63, 3.8) is 0 Å². The van der Waals surface area contributed by atoms with Crippen LogP contribution in [0.1, 0.15) is 27.2 Å². The Bertz CT molecular complexity index is 488. The van der Waals surface area contributed by atoms with Crippen molar-refractivity contribution in [2.45, 2.75) is 39.3 Å². The van der Waals surface area contributed by atoms with Crippen LogP contribution in [-0.4, -0.2) is 37.6 Å². The van der Waals surface area contributed by atoms with Gasteiger partial charge in [0.1, 0.15) is 5.75 Å². The largest absolute Gasteiger partial charge is 0.497 e.